The van der Waals surface area contributed by atoms with Gasteiger partial charge in [-0.3, -0.25) is 19.4 Å². The van der Waals surface area contributed by atoms with Gasteiger partial charge in [0.1, 0.15) is 0 Å². The van der Waals surface area contributed by atoms with Crippen molar-refractivity contribution in [2.24, 2.45) is 0 Å². The Morgan fingerprint density at radius 3 is 2.13 bits per heavy atom. The lowest BCUT2D eigenvalue weighted by atomic mass is 10.1. The Balaban J connectivity index is 2.42. The second kappa shape index (κ2) is 9.15. The summed E-state index contributed by atoms with van der Waals surface area (Å²) in [5.41, 5.74) is 0.0899. The second-order valence-electron chi connectivity index (χ2n) is 7.29. The van der Waals surface area contributed by atoms with Gasteiger partial charge in [0.25, 0.3) is 11.8 Å². The summed E-state index contributed by atoms with van der Waals surface area (Å²) in [6, 6.07) is 0.454. The van der Waals surface area contributed by atoms with Gasteiger partial charge >= 0.3 is 0 Å². The van der Waals surface area contributed by atoms with Gasteiger partial charge < -0.3 is 10.6 Å². The van der Waals surface area contributed by atoms with Crippen LogP contribution in [0.15, 0.2) is 12.2 Å². The van der Waals surface area contributed by atoms with Crippen LogP contribution in [0.3, 0.4) is 0 Å². The summed E-state index contributed by atoms with van der Waals surface area (Å²) in [5, 5.41) is 6.88. The lowest BCUT2D eigenvalue weighted by Crippen LogP contribution is -2.46. The fourth-order valence-electron chi connectivity index (χ4n) is 2.33. The fraction of sp³-hybridized carbons (Fsp3) is 0.765. The van der Waals surface area contributed by atoms with E-state index in [1.807, 2.05) is 0 Å². The van der Waals surface area contributed by atoms with Crippen LogP contribution in [-0.2, 0) is 9.59 Å². The van der Waals surface area contributed by atoms with Gasteiger partial charge in [-0.25, -0.2) is 0 Å². The normalized spacial score (nSPS) is 15.5. The monoisotopic (exact) mass is 324 g/mol. The van der Waals surface area contributed by atoms with Gasteiger partial charge in [-0.1, -0.05) is 13.8 Å². The topological polar surface area (TPSA) is 64.7 Å². The van der Waals surface area contributed by atoms with E-state index in [4.69, 9.17) is 0 Å². The standard InChI is InChI=1S/C17H32N4O2/c1-14(2)18-8-10-20(11-9-19-17(3,4)5)12-13-21-15(22)6-7-16(21)23/h6-7,14,18-19H,8-13H2,1-5H3. The van der Waals surface area contributed by atoms with Crippen LogP contribution < -0.4 is 10.6 Å². The maximum absolute atomic E-state index is 11.6. The number of amides is 2. The third-order valence-electron chi connectivity index (χ3n) is 3.60. The molecule has 1 rings (SSSR count). The Kier molecular flexibility index (Phi) is 7.88. The first-order valence-corrected chi connectivity index (χ1v) is 8.43. The van der Waals surface area contributed by atoms with Crippen molar-refractivity contribution in [1.82, 2.24) is 20.4 Å². The van der Waals surface area contributed by atoms with Crippen LogP contribution in [0, 0.1) is 0 Å². The molecule has 0 aromatic rings. The molecule has 0 saturated carbocycles. The zero-order chi connectivity index (χ0) is 17.5. The molecule has 0 atom stereocenters. The maximum atomic E-state index is 11.6. The summed E-state index contributed by atoms with van der Waals surface area (Å²) in [7, 11) is 0. The minimum atomic E-state index is -0.205. The summed E-state index contributed by atoms with van der Waals surface area (Å²) in [5.74, 6) is -0.411. The van der Waals surface area contributed by atoms with E-state index in [1.54, 1.807) is 0 Å². The molecule has 0 spiro atoms. The van der Waals surface area contributed by atoms with E-state index in [2.05, 4.69) is 50.2 Å². The Labute approximate surface area is 140 Å². The average Bonchev–Trinajstić information content (AvgIpc) is 2.73. The molecular weight excluding hydrogens is 292 g/mol. The first kappa shape index (κ1) is 19.8. The van der Waals surface area contributed by atoms with E-state index in [1.165, 1.54) is 17.1 Å². The molecule has 23 heavy (non-hydrogen) atoms. The van der Waals surface area contributed by atoms with Gasteiger partial charge in [0, 0.05) is 63.0 Å². The van der Waals surface area contributed by atoms with Crippen molar-refractivity contribution < 1.29 is 9.59 Å². The smallest absolute Gasteiger partial charge is 0.253 e. The van der Waals surface area contributed by atoms with Crippen LogP contribution in [0.5, 0.6) is 0 Å². The van der Waals surface area contributed by atoms with Crippen molar-refractivity contribution in [3.8, 4) is 0 Å². The number of hydrogen-bond acceptors (Lipinski definition) is 5. The van der Waals surface area contributed by atoms with Crippen LogP contribution >= 0.6 is 0 Å². The summed E-state index contributed by atoms with van der Waals surface area (Å²) < 4.78 is 0. The molecule has 1 aliphatic heterocycles. The summed E-state index contributed by atoms with van der Waals surface area (Å²) in [6.07, 6.45) is 2.68. The molecule has 0 radical (unpaired) electrons. The second-order valence-corrected chi connectivity index (χ2v) is 7.29. The van der Waals surface area contributed by atoms with Crippen LogP contribution in [0.4, 0.5) is 0 Å². The molecule has 132 valence electrons. The van der Waals surface area contributed by atoms with Gasteiger partial charge in [-0.05, 0) is 20.8 Å². The third-order valence-corrected chi connectivity index (χ3v) is 3.60. The van der Waals surface area contributed by atoms with Crippen molar-refractivity contribution in [1.29, 1.82) is 0 Å². The quantitative estimate of drug-likeness (QED) is 0.576. The molecule has 0 saturated heterocycles. The molecule has 0 bridgehead atoms. The molecule has 0 unspecified atom stereocenters. The van der Waals surface area contributed by atoms with Crippen LogP contribution in [0.1, 0.15) is 34.6 Å². The molecule has 1 heterocycles. The van der Waals surface area contributed by atoms with E-state index in [-0.39, 0.29) is 17.4 Å². The van der Waals surface area contributed by atoms with Crippen molar-refractivity contribution in [2.75, 3.05) is 39.3 Å². The zero-order valence-electron chi connectivity index (χ0n) is 15.2. The molecule has 0 aromatic carbocycles. The van der Waals surface area contributed by atoms with Crippen molar-refractivity contribution in [3.63, 3.8) is 0 Å². The number of carbonyl (C=O) groups is 2. The molecule has 0 aromatic heterocycles. The van der Waals surface area contributed by atoms with E-state index < -0.39 is 0 Å². The number of imide groups is 1. The third kappa shape index (κ3) is 8.25. The van der Waals surface area contributed by atoms with Crippen LogP contribution in [-0.4, -0.2) is 72.5 Å². The number of hydrogen-bond donors (Lipinski definition) is 2. The molecule has 1 aliphatic rings. The highest BCUT2D eigenvalue weighted by Crippen LogP contribution is 2.04. The molecule has 2 N–H and O–H groups in total. The molecule has 6 heteroatoms. The minimum absolute atomic E-state index is 0.0899. The van der Waals surface area contributed by atoms with Gasteiger partial charge in [0.2, 0.25) is 0 Å². The number of carbonyl (C=O) groups excluding carboxylic acids is 2. The van der Waals surface area contributed by atoms with E-state index >= 15 is 0 Å². The van der Waals surface area contributed by atoms with E-state index in [9.17, 15) is 9.59 Å². The highest BCUT2D eigenvalue weighted by atomic mass is 16.2. The van der Waals surface area contributed by atoms with Crippen molar-refractivity contribution >= 4 is 11.8 Å². The van der Waals surface area contributed by atoms with E-state index in [0.29, 0.717) is 19.1 Å². The first-order chi connectivity index (χ1) is 10.7. The summed E-state index contributed by atoms with van der Waals surface area (Å²) in [6.45, 7) is 15.4. The lowest BCUT2D eigenvalue weighted by molar-refractivity contribution is -0.137. The van der Waals surface area contributed by atoms with Crippen molar-refractivity contribution in [3.05, 3.63) is 12.2 Å². The Bertz CT molecular complexity index is 409. The fourth-order valence-corrected chi connectivity index (χ4v) is 2.33. The Hall–Kier alpha value is -1.24. The zero-order valence-corrected chi connectivity index (χ0v) is 15.2. The van der Waals surface area contributed by atoms with Gasteiger partial charge in [-0.15, -0.1) is 0 Å². The predicted octanol–water partition coefficient (Wildman–Crippen LogP) is 0.600. The van der Waals surface area contributed by atoms with E-state index in [0.717, 1.165) is 26.2 Å². The van der Waals surface area contributed by atoms with Crippen LogP contribution in [0.25, 0.3) is 0 Å². The maximum Gasteiger partial charge on any atom is 0.253 e. The predicted molar refractivity (Wildman–Crippen MR) is 93.2 cm³/mol. The van der Waals surface area contributed by atoms with Gasteiger partial charge in [0.15, 0.2) is 0 Å². The summed E-state index contributed by atoms with van der Waals surface area (Å²) >= 11 is 0. The minimum Gasteiger partial charge on any atom is -0.313 e. The average molecular weight is 324 g/mol. The molecule has 6 nitrogen and oxygen atoms in total. The SMILES string of the molecule is CC(C)NCCN(CCNC(C)(C)C)CCN1C(=O)C=CC1=O. The number of nitrogens with zero attached hydrogens (tertiary/aromatic N) is 2. The molecular formula is C17H32N4O2. The molecule has 0 aliphatic carbocycles. The van der Waals surface area contributed by atoms with Gasteiger partial charge in [0.05, 0.1) is 0 Å². The van der Waals surface area contributed by atoms with Crippen molar-refractivity contribution in [2.45, 2.75) is 46.2 Å². The molecule has 0 fully saturated rings. The largest absolute Gasteiger partial charge is 0.313 e. The highest BCUT2D eigenvalue weighted by molar-refractivity contribution is 6.12. The van der Waals surface area contributed by atoms with Crippen LogP contribution in [0.2, 0.25) is 0 Å². The Morgan fingerprint density at radius 1 is 1.04 bits per heavy atom. The summed E-state index contributed by atoms with van der Waals surface area (Å²) in [4.78, 5) is 26.8. The lowest BCUT2D eigenvalue weighted by Gasteiger charge is -2.27. The first-order valence-electron chi connectivity index (χ1n) is 8.43. The Morgan fingerprint density at radius 2 is 1.61 bits per heavy atom. The number of rotatable bonds is 10. The molecule has 2 amide bonds. The number of nitrogens with one attached hydrogen (secondary N) is 2. The van der Waals surface area contributed by atoms with Gasteiger partial charge in [-0.2, -0.15) is 0 Å². The highest BCUT2D eigenvalue weighted by Gasteiger charge is 2.23.